The molecule has 1 aliphatic rings. The summed E-state index contributed by atoms with van der Waals surface area (Å²) >= 11 is 0. The molecule has 1 N–H and O–H groups in total. The first-order chi connectivity index (χ1) is 14.9. The van der Waals surface area contributed by atoms with Gasteiger partial charge < -0.3 is 10.2 Å². The Morgan fingerprint density at radius 3 is 2.68 bits per heavy atom. The van der Waals surface area contributed by atoms with Crippen molar-refractivity contribution in [3.63, 3.8) is 0 Å². The molecular formula is C24H24N4O3. The van der Waals surface area contributed by atoms with Crippen LogP contribution in [0.1, 0.15) is 33.6 Å². The van der Waals surface area contributed by atoms with Crippen LogP contribution in [0.3, 0.4) is 0 Å². The van der Waals surface area contributed by atoms with E-state index in [2.05, 4.69) is 10.4 Å². The van der Waals surface area contributed by atoms with Gasteiger partial charge >= 0.3 is 0 Å². The maximum absolute atomic E-state index is 13.0. The lowest BCUT2D eigenvalue weighted by Gasteiger charge is -2.17. The van der Waals surface area contributed by atoms with Gasteiger partial charge in [-0.15, -0.1) is 0 Å². The van der Waals surface area contributed by atoms with E-state index in [1.807, 2.05) is 56.3 Å². The number of fused-ring (bicyclic) bond motifs is 1. The molecule has 0 aliphatic carbocycles. The number of aromatic nitrogens is 2. The average molecular weight is 416 g/mol. The molecule has 0 atom stereocenters. The number of nitrogens with zero attached hydrogens (tertiary/aromatic N) is 3. The fraction of sp³-hybridized carbons (Fsp3) is 0.250. The minimum Gasteiger partial charge on any atom is -0.326 e. The minimum absolute atomic E-state index is 0.0738. The predicted octanol–water partition coefficient (Wildman–Crippen LogP) is 3.09. The molecule has 31 heavy (non-hydrogen) atoms. The van der Waals surface area contributed by atoms with E-state index < -0.39 is 0 Å². The summed E-state index contributed by atoms with van der Waals surface area (Å²) in [5.74, 6) is -0.468. The number of rotatable bonds is 5. The van der Waals surface area contributed by atoms with E-state index in [-0.39, 0.29) is 36.0 Å². The number of nitrogens with one attached hydrogen (secondary N) is 1. The van der Waals surface area contributed by atoms with Crippen molar-refractivity contribution in [2.75, 3.05) is 16.8 Å². The standard InChI is InChI=1S/C24H24N4O3/c1-16-7-8-19(17(2)15-16)25-22(29)12-14-28-23(30)10-9-20(26-28)24(31)27-13-11-18-5-3-4-6-21(18)27/h3-10,15H,11-14H2,1-2H3,(H,25,29). The van der Waals surface area contributed by atoms with Crippen molar-refractivity contribution in [1.29, 1.82) is 0 Å². The average Bonchev–Trinajstić information content (AvgIpc) is 3.19. The van der Waals surface area contributed by atoms with Crippen LogP contribution >= 0.6 is 0 Å². The Labute approximate surface area is 180 Å². The number of carbonyl (C=O) groups excluding carboxylic acids is 2. The first-order valence-corrected chi connectivity index (χ1v) is 10.3. The number of carbonyl (C=O) groups is 2. The zero-order valence-corrected chi connectivity index (χ0v) is 17.6. The van der Waals surface area contributed by atoms with Crippen molar-refractivity contribution in [3.05, 3.63) is 87.3 Å². The number of amides is 2. The Hall–Kier alpha value is -3.74. The summed E-state index contributed by atoms with van der Waals surface area (Å²) in [6.07, 6.45) is 0.866. The Kier molecular flexibility index (Phi) is 5.66. The van der Waals surface area contributed by atoms with Crippen LogP contribution in [-0.4, -0.2) is 28.1 Å². The van der Waals surface area contributed by atoms with Gasteiger partial charge in [0.1, 0.15) is 5.69 Å². The van der Waals surface area contributed by atoms with Crippen LogP contribution in [0.15, 0.2) is 59.4 Å². The van der Waals surface area contributed by atoms with Crippen LogP contribution in [0.25, 0.3) is 0 Å². The van der Waals surface area contributed by atoms with Crippen molar-refractivity contribution in [3.8, 4) is 0 Å². The summed E-state index contributed by atoms with van der Waals surface area (Å²) in [6, 6.07) is 16.3. The van der Waals surface area contributed by atoms with Crippen LogP contribution in [0.5, 0.6) is 0 Å². The molecule has 2 heterocycles. The van der Waals surface area contributed by atoms with Gasteiger partial charge in [0, 0.05) is 30.4 Å². The number of anilines is 2. The first kappa shape index (κ1) is 20.5. The molecule has 0 saturated carbocycles. The maximum atomic E-state index is 13.0. The van der Waals surface area contributed by atoms with Gasteiger partial charge in [0.05, 0.1) is 6.54 Å². The van der Waals surface area contributed by atoms with Gasteiger partial charge in [-0.25, -0.2) is 4.68 Å². The summed E-state index contributed by atoms with van der Waals surface area (Å²) in [5, 5.41) is 7.09. The zero-order valence-electron chi connectivity index (χ0n) is 17.6. The smallest absolute Gasteiger partial charge is 0.278 e. The highest BCUT2D eigenvalue weighted by molar-refractivity contribution is 6.05. The molecule has 158 valence electrons. The van der Waals surface area contributed by atoms with E-state index in [0.29, 0.717) is 6.54 Å². The fourth-order valence-electron chi connectivity index (χ4n) is 3.78. The molecule has 1 aliphatic heterocycles. The monoisotopic (exact) mass is 416 g/mol. The van der Waals surface area contributed by atoms with Crippen LogP contribution in [0.2, 0.25) is 0 Å². The van der Waals surface area contributed by atoms with Gasteiger partial charge in [-0.05, 0) is 49.6 Å². The van der Waals surface area contributed by atoms with E-state index in [0.717, 1.165) is 34.5 Å². The number of hydrogen-bond acceptors (Lipinski definition) is 4. The van der Waals surface area contributed by atoms with Crippen LogP contribution in [0, 0.1) is 13.8 Å². The normalized spacial score (nSPS) is 12.5. The molecule has 4 rings (SSSR count). The Morgan fingerprint density at radius 2 is 1.87 bits per heavy atom. The van der Waals surface area contributed by atoms with Gasteiger partial charge in [-0.3, -0.25) is 14.4 Å². The number of para-hydroxylation sites is 1. The second-order valence-corrected chi connectivity index (χ2v) is 7.73. The number of hydrogen-bond donors (Lipinski definition) is 1. The van der Waals surface area contributed by atoms with Crippen molar-refractivity contribution in [2.45, 2.75) is 33.2 Å². The fourth-order valence-corrected chi connectivity index (χ4v) is 3.78. The first-order valence-electron chi connectivity index (χ1n) is 10.3. The van der Waals surface area contributed by atoms with E-state index >= 15 is 0 Å². The molecule has 0 saturated heterocycles. The van der Waals surface area contributed by atoms with E-state index in [4.69, 9.17) is 0 Å². The van der Waals surface area contributed by atoms with E-state index in [9.17, 15) is 14.4 Å². The summed E-state index contributed by atoms with van der Waals surface area (Å²) in [5.41, 5.74) is 4.67. The van der Waals surface area contributed by atoms with Crippen LogP contribution < -0.4 is 15.8 Å². The highest BCUT2D eigenvalue weighted by Gasteiger charge is 2.26. The zero-order chi connectivity index (χ0) is 22.0. The molecule has 7 heteroatoms. The van der Waals surface area contributed by atoms with E-state index in [1.165, 1.54) is 16.8 Å². The van der Waals surface area contributed by atoms with Gasteiger partial charge in [-0.2, -0.15) is 5.10 Å². The highest BCUT2D eigenvalue weighted by Crippen LogP contribution is 2.28. The lowest BCUT2D eigenvalue weighted by Crippen LogP contribution is -2.33. The van der Waals surface area contributed by atoms with Crippen molar-refractivity contribution < 1.29 is 9.59 Å². The summed E-state index contributed by atoms with van der Waals surface area (Å²) in [7, 11) is 0. The molecule has 0 radical (unpaired) electrons. The predicted molar refractivity (Wildman–Crippen MR) is 119 cm³/mol. The molecule has 3 aromatic rings. The van der Waals surface area contributed by atoms with Crippen LogP contribution in [0.4, 0.5) is 11.4 Å². The highest BCUT2D eigenvalue weighted by atomic mass is 16.2. The Balaban J connectivity index is 1.45. The largest absolute Gasteiger partial charge is 0.326 e. The van der Waals surface area contributed by atoms with E-state index in [1.54, 1.807) is 4.90 Å². The van der Waals surface area contributed by atoms with Crippen molar-refractivity contribution >= 4 is 23.2 Å². The second-order valence-electron chi connectivity index (χ2n) is 7.73. The summed E-state index contributed by atoms with van der Waals surface area (Å²) in [4.78, 5) is 39.3. The third kappa shape index (κ3) is 4.40. The van der Waals surface area contributed by atoms with Gasteiger partial charge in [0.25, 0.3) is 11.5 Å². The van der Waals surface area contributed by atoms with Crippen molar-refractivity contribution in [2.24, 2.45) is 0 Å². The summed E-state index contributed by atoms with van der Waals surface area (Å²) in [6.45, 7) is 4.59. The molecule has 0 fully saturated rings. The molecule has 2 aromatic carbocycles. The number of benzene rings is 2. The molecule has 0 spiro atoms. The minimum atomic E-state index is -0.349. The molecular weight excluding hydrogens is 392 g/mol. The van der Waals surface area contributed by atoms with Crippen LogP contribution in [-0.2, 0) is 17.8 Å². The number of aryl methyl sites for hydroxylation is 3. The topological polar surface area (TPSA) is 84.3 Å². The molecule has 2 amide bonds. The van der Waals surface area contributed by atoms with Gasteiger partial charge in [0.2, 0.25) is 5.91 Å². The lowest BCUT2D eigenvalue weighted by molar-refractivity contribution is -0.116. The third-order valence-electron chi connectivity index (χ3n) is 5.42. The Morgan fingerprint density at radius 1 is 1.06 bits per heavy atom. The van der Waals surface area contributed by atoms with Gasteiger partial charge in [-0.1, -0.05) is 35.9 Å². The molecule has 0 bridgehead atoms. The molecule has 0 unspecified atom stereocenters. The third-order valence-corrected chi connectivity index (χ3v) is 5.42. The molecule has 7 nitrogen and oxygen atoms in total. The quantitative estimate of drug-likeness (QED) is 0.693. The van der Waals surface area contributed by atoms with Gasteiger partial charge in [0.15, 0.2) is 0 Å². The SMILES string of the molecule is Cc1ccc(NC(=O)CCn2nc(C(=O)N3CCc4ccccc43)ccc2=O)c(C)c1. The summed E-state index contributed by atoms with van der Waals surface area (Å²) < 4.78 is 1.18. The lowest BCUT2D eigenvalue weighted by atomic mass is 10.1. The molecule has 1 aromatic heterocycles. The second kappa shape index (κ2) is 8.55. The van der Waals surface area contributed by atoms with Crippen molar-refractivity contribution in [1.82, 2.24) is 9.78 Å². The Bertz CT molecular complexity index is 1220. The maximum Gasteiger partial charge on any atom is 0.278 e.